The molecule has 0 radical (unpaired) electrons. The molecule has 1 fully saturated rings. The van der Waals surface area contributed by atoms with E-state index in [9.17, 15) is 8.42 Å². The van der Waals surface area contributed by atoms with Crippen molar-refractivity contribution in [3.63, 3.8) is 0 Å². The lowest BCUT2D eigenvalue weighted by Gasteiger charge is -2.33. The molecule has 7 heteroatoms. The van der Waals surface area contributed by atoms with Crippen LogP contribution in [0.1, 0.15) is 31.6 Å². The van der Waals surface area contributed by atoms with Gasteiger partial charge in [0.05, 0.1) is 17.0 Å². The number of hydrogen-bond donors (Lipinski definition) is 2. The number of sulfonamides is 1. The highest BCUT2D eigenvalue weighted by Gasteiger charge is 2.33. The van der Waals surface area contributed by atoms with Gasteiger partial charge in [-0.1, -0.05) is 6.92 Å². The summed E-state index contributed by atoms with van der Waals surface area (Å²) < 4.78 is 33.3. The Morgan fingerprint density at radius 2 is 2.30 bits per heavy atom. The summed E-state index contributed by atoms with van der Waals surface area (Å²) in [6.07, 6.45) is 1.69. The van der Waals surface area contributed by atoms with Crippen LogP contribution in [0.15, 0.2) is 16.3 Å². The van der Waals surface area contributed by atoms with Crippen molar-refractivity contribution in [1.29, 1.82) is 0 Å². The van der Waals surface area contributed by atoms with Crippen LogP contribution in [0, 0.1) is 0 Å². The molecule has 1 aliphatic heterocycles. The molecule has 1 saturated heterocycles. The van der Waals surface area contributed by atoms with E-state index in [2.05, 4.69) is 10.0 Å². The van der Waals surface area contributed by atoms with Crippen LogP contribution in [0.5, 0.6) is 0 Å². The highest BCUT2D eigenvalue weighted by atomic mass is 32.2. The van der Waals surface area contributed by atoms with Crippen LogP contribution in [-0.4, -0.2) is 33.7 Å². The summed E-state index contributed by atoms with van der Waals surface area (Å²) in [5.74, 6) is 0. The second-order valence-electron chi connectivity index (χ2n) is 5.31. The molecule has 0 aromatic carbocycles. The van der Waals surface area contributed by atoms with Crippen LogP contribution in [0.2, 0.25) is 0 Å². The molecule has 1 atom stereocenters. The van der Waals surface area contributed by atoms with E-state index in [-0.39, 0.29) is 0 Å². The summed E-state index contributed by atoms with van der Waals surface area (Å²) in [6, 6.07) is 1.67. The minimum absolute atomic E-state index is 0.384. The first kappa shape index (κ1) is 15.9. The van der Waals surface area contributed by atoms with Crippen molar-refractivity contribution < 1.29 is 13.2 Å². The summed E-state index contributed by atoms with van der Waals surface area (Å²) in [7, 11) is -3.50. The summed E-state index contributed by atoms with van der Waals surface area (Å²) in [4.78, 5) is 1.23. The van der Waals surface area contributed by atoms with Crippen LogP contribution in [0.25, 0.3) is 0 Å². The highest BCUT2D eigenvalue weighted by molar-refractivity contribution is 7.89. The van der Waals surface area contributed by atoms with E-state index in [1.165, 1.54) is 11.3 Å². The fraction of sp³-hybridized carbons (Fsp3) is 0.692. The maximum atomic E-state index is 12.6. The lowest BCUT2D eigenvalue weighted by atomic mass is 9.97. The average Bonchev–Trinajstić information content (AvgIpc) is 2.85. The monoisotopic (exact) mass is 318 g/mol. The Balaban J connectivity index is 2.15. The Hall–Kier alpha value is -0.470. The maximum absolute atomic E-state index is 12.6. The molecule has 1 unspecified atom stereocenters. The molecule has 0 aliphatic carbocycles. The zero-order valence-electron chi connectivity index (χ0n) is 11.9. The number of rotatable bonds is 6. The van der Waals surface area contributed by atoms with Gasteiger partial charge in [-0.05, 0) is 37.8 Å². The minimum Gasteiger partial charge on any atom is -0.380 e. The molecular formula is C13H22N2O3S2. The molecule has 0 spiro atoms. The largest absolute Gasteiger partial charge is 0.380 e. The molecule has 2 rings (SSSR count). The van der Waals surface area contributed by atoms with Gasteiger partial charge >= 0.3 is 0 Å². The zero-order valence-corrected chi connectivity index (χ0v) is 13.6. The zero-order chi connectivity index (χ0) is 14.6. The van der Waals surface area contributed by atoms with E-state index in [0.717, 1.165) is 24.3 Å². The fourth-order valence-corrected chi connectivity index (χ4v) is 5.17. The highest BCUT2D eigenvalue weighted by Crippen LogP contribution is 2.26. The summed E-state index contributed by atoms with van der Waals surface area (Å²) in [5, 5.41) is 4.99. The summed E-state index contributed by atoms with van der Waals surface area (Å²) in [6.45, 7) is 6.44. The quantitative estimate of drug-likeness (QED) is 0.838. The molecule has 2 N–H and O–H groups in total. The second-order valence-corrected chi connectivity index (χ2v) is 7.96. The van der Waals surface area contributed by atoms with Gasteiger partial charge in [0.2, 0.25) is 10.0 Å². The molecule has 5 nitrogen and oxygen atoms in total. The second kappa shape index (κ2) is 6.53. The molecule has 0 bridgehead atoms. The van der Waals surface area contributed by atoms with E-state index in [1.54, 1.807) is 6.07 Å². The summed E-state index contributed by atoms with van der Waals surface area (Å²) >= 11 is 1.46. The predicted molar refractivity (Wildman–Crippen MR) is 80.5 cm³/mol. The molecule has 1 aromatic rings. The van der Waals surface area contributed by atoms with Crippen molar-refractivity contribution in [3.8, 4) is 0 Å². The number of hydrogen-bond acceptors (Lipinski definition) is 5. The van der Waals surface area contributed by atoms with Crippen LogP contribution in [0.4, 0.5) is 0 Å². The van der Waals surface area contributed by atoms with Crippen molar-refractivity contribution in [2.24, 2.45) is 0 Å². The van der Waals surface area contributed by atoms with Gasteiger partial charge in [-0.15, -0.1) is 11.3 Å². The van der Waals surface area contributed by atoms with E-state index in [0.29, 0.717) is 24.7 Å². The van der Waals surface area contributed by atoms with Gasteiger partial charge in [-0.3, -0.25) is 0 Å². The molecule has 1 aliphatic rings. The molecule has 114 valence electrons. The van der Waals surface area contributed by atoms with Gasteiger partial charge in [0.15, 0.2) is 0 Å². The molecular weight excluding hydrogens is 296 g/mol. The third-order valence-corrected chi connectivity index (χ3v) is 6.12. The number of nitrogens with one attached hydrogen (secondary N) is 2. The summed E-state index contributed by atoms with van der Waals surface area (Å²) in [5.41, 5.74) is -0.505. The molecule has 1 aromatic heterocycles. The van der Waals surface area contributed by atoms with Gasteiger partial charge in [0.1, 0.15) is 0 Å². The van der Waals surface area contributed by atoms with Crippen molar-refractivity contribution >= 4 is 21.4 Å². The lowest BCUT2D eigenvalue weighted by molar-refractivity contribution is 0.0386. The Kier molecular flexibility index (Phi) is 5.19. The number of ether oxygens (including phenoxy) is 1. The third-order valence-electron chi connectivity index (χ3n) is 3.35. The predicted octanol–water partition coefficient (Wildman–Crippen LogP) is 1.70. The maximum Gasteiger partial charge on any atom is 0.242 e. The van der Waals surface area contributed by atoms with Gasteiger partial charge in [0.25, 0.3) is 0 Å². The Morgan fingerprint density at radius 3 is 2.95 bits per heavy atom. The van der Waals surface area contributed by atoms with E-state index in [4.69, 9.17) is 4.74 Å². The van der Waals surface area contributed by atoms with Crippen LogP contribution >= 0.6 is 11.3 Å². The standard InChI is InChI=1S/C13H22N2O3S2/c1-3-14-9-11-12(5-8-19-11)20(16,17)15-13(2)6-4-7-18-10-13/h5,8,14-15H,3-4,6-7,9-10H2,1-2H3. The van der Waals surface area contributed by atoms with Gasteiger partial charge in [-0.25, -0.2) is 13.1 Å². The van der Waals surface area contributed by atoms with Crippen molar-refractivity contribution in [2.45, 2.75) is 43.7 Å². The Morgan fingerprint density at radius 1 is 1.50 bits per heavy atom. The first-order valence-corrected chi connectivity index (χ1v) is 9.22. The van der Waals surface area contributed by atoms with E-state index >= 15 is 0 Å². The molecule has 0 saturated carbocycles. The van der Waals surface area contributed by atoms with Crippen molar-refractivity contribution in [2.75, 3.05) is 19.8 Å². The SMILES string of the molecule is CCNCc1sccc1S(=O)(=O)NC1(C)CCCOC1. The first-order valence-electron chi connectivity index (χ1n) is 6.86. The Bertz CT molecular complexity index is 534. The Labute approximate surface area is 124 Å². The van der Waals surface area contributed by atoms with Crippen LogP contribution in [0.3, 0.4) is 0 Å². The molecule has 20 heavy (non-hydrogen) atoms. The van der Waals surface area contributed by atoms with Gasteiger partial charge < -0.3 is 10.1 Å². The lowest BCUT2D eigenvalue weighted by Crippen LogP contribution is -2.51. The van der Waals surface area contributed by atoms with Crippen LogP contribution in [-0.2, 0) is 21.3 Å². The first-order chi connectivity index (χ1) is 9.47. The van der Waals surface area contributed by atoms with Crippen molar-refractivity contribution in [1.82, 2.24) is 10.0 Å². The smallest absolute Gasteiger partial charge is 0.242 e. The van der Waals surface area contributed by atoms with Crippen molar-refractivity contribution in [3.05, 3.63) is 16.3 Å². The number of thiophene rings is 1. The van der Waals surface area contributed by atoms with Crippen LogP contribution < -0.4 is 10.0 Å². The minimum atomic E-state index is -3.50. The molecule has 2 heterocycles. The van der Waals surface area contributed by atoms with E-state index < -0.39 is 15.6 Å². The molecule has 0 amide bonds. The third kappa shape index (κ3) is 3.79. The average molecular weight is 318 g/mol. The fourth-order valence-electron chi connectivity index (χ4n) is 2.33. The van der Waals surface area contributed by atoms with E-state index in [1.807, 2.05) is 19.2 Å². The van der Waals surface area contributed by atoms with Gasteiger partial charge in [-0.2, -0.15) is 0 Å². The topological polar surface area (TPSA) is 67.4 Å². The normalized spacial score (nSPS) is 23.9. The van der Waals surface area contributed by atoms with Gasteiger partial charge in [0, 0.05) is 18.0 Å².